The van der Waals surface area contributed by atoms with Gasteiger partial charge in [-0.05, 0) is 35.0 Å². The fraction of sp³-hybridized carbons (Fsp3) is 0.429. The SMILES string of the molecule is CC1(CC(=O)NN=Cc2cc3c(cc2Br)OCO3)OCCO1. The normalized spacial score (nSPS) is 18.8. The van der Waals surface area contributed by atoms with Crippen LogP contribution in [-0.2, 0) is 14.3 Å². The van der Waals surface area contributed by atoms with Gasteiger partial charge >= 0.3 is 0 Å². The van der Waals surface area contributed by atoms with Gasteiger partial charge in [-0.25, -0.2) is 5.43 Å². The lowest BCUT2D eigenvalue weighted by molar-refractivity contribution is -0.159. The first-order valence-corrected chi connectivity index (χ1v) is 7.54. The predicted octanol–water partition coefficient (Wildman–Crippen LogP) is 1.78. The molecule has 0 aliphatic carbocycles. The first kappa shape index (κ1) is 15.3. The van der Waals surface area contributed by atoms with E-state index in [0.717, 1.165) is 10.0 Å². The molecule has 1 amide bonds. The number of rotatable bonds is 4. The first-order chi connectivity index (χ1) is 10.6. The van der Waals surface area contributed by atoms with Crippen LogP contribution in [0.4, 0.5) is 0 Å². The van der Waals surface area contributed by atoms with Crippen LogP contribution < -0.4 is 14.9 Å². The molecule has 0 unspecified atom stereocenters. The van der Waals surface area contributed by atoms with Crippen molar-refractivity contribution in [1.82, 2.24) is 5.43 Å². The van der Waals surface area contributed by atoms with Crippen molar-refractivity contribution < 1.29 is 23.7 Å². The van der Waals surface area contributed by atoms with E-state index in [0.29, 0.717) is 24.7 Å². The van der Waals surface area contributed by atoms with Crippen molar-refractivity contribution in [2.24, 2.45) is 5.10 Å². The van der Waals surface area contributed by atoms with Gasteiger partial charge in [-0.1, -0.05) is 0 Å². The van der Waals surface area contributed by atoms with E-state index in [1.807, 2.05) is 0 Å². The largest absolute Gasteiger partial charge is 0.454 e. The molecule has 0 atom stereocenters. The smallest absolute Gasteiger partial charge is 0.245 e. The molecule has 2 heterocycles. The number of ether oxygens (including phenoxy) is 4. The van der Waals surface area contributed by atoms with Gasteiger partial charge in [-0.3, -0.25) is 4.79 Å². The number of benzene rings is 1. The van der Waals surface area contributed by atoms with Crippen molar-refractivity contribution in [1.29, 1.82) is 0 Å². The van der Waals surface area contributed by atoms with E-state index in [1.54, 1.807) is 19.1 Å². The van der Waals surface area contributed by atoms with Crippen molar-refractivity contribution in [3.05, 3.63) is 22.2 Å². The van der Waals surface area contributed by atoms with Crippen LogP contribution in [0.25, 0.3) is 0 Å². The Morgan fingerprint density at radius 1 is 1.36 bits per heavy atom. The van der Waals surface area contributed by atoms with Crippen molar-refractivity contribution in [2.75, 3.05) is 20.0 Å². The molecule has 7 nitrogen and oxygen atoms in total. The van der Waals surface area contributed by atoms with Gasteiger partial charge in [-0.15, -0.1) is 0 Å². The summed E-state index contributed by atoms with van der Waals surface area (Å²) in [6.07, 6.45) is 1.62. The molecule has 1 aromatic rings. The zero-order valence-corrected chi connectivity index (χ0v) is 13.5. The second-order valence-corrected chi connectivity index (χ2v) is 5.88. The number of hydrogen-bond acceptors (Lipinski definition) is 6. The number of carbonyl (C=O) groups is 1. The molecule has 2 aliphatic rings. The van der Waals surface area contributed by atoms with Crippen LogP contribution in [0, 0.1) is 0 Å². The topological polar surface area (TPSA) is 78.4 Å². The quantitative estimate of drug-likeness (QED) is 0.645. The van der Waals surface area contributed by atoms with Gasteiger partial charge in [-0.2, -0.15) is 5.10 Å². The highest BCUT2D eigenvalue weighted by atomic mass is 79.9. The summed E-state index contributed by atoms with van der Waals surface area (Å²) < 4.78 is 22.1. The molecule has 0 bridgehead atoms. The summed E-state index contributed by atoms with van der Waals surface area (Å²) in [5.41, 5.74) is 3.22. The molecule has 22 heavy (non-hydrogen) atoms. The van der Waals surface area contributed by atoms with Crippen LogP contribution >= 0.6 is 15.9 Å². The Morgan fingerprint density at radius 3 is 2.77 bits per heavy atom. The van der Waals surface area contributed by atoms with Crippen molar-refractivity contribution in [2.45, 2.75) is 19.1 Å². The van der Waals surface area contributed by atoms with Gasteiger partial charge < -0.3 is 18.9 Å². The van der Waals surface area contributed by atoms with Crippen LogP contribution in [0.1, 0.15) is 18.9 Å². The van der Waals surface area contributed by atoms with Crippen molar-refractivity contribution >= 4 is 28.1 Å². The Balaban J connectivity index is 1.59. The lowest BCUT2D eigenvalue weighted by Crippen LogP contribution is -2.33. The Hall–Kier alpha value is -1.64. The van der Waals surface area contributed by atoms with Crippen molar-refractivity contribution in [3.63, 3.8) is 0 Å². The predicted molar refractivity (Wildman–Crippen MR) is 80.9 cm³/mol. The highest BCUT2D eigenvalue weighted by Crippen LogP contribution is 2.36. The Bertz CT molecular complexity index is 613. The molecule has 0 saturated carbocycles. The molecular formula is C14H15BrN2O5. The molecule has 1 aromatic carbocycles. The number of amides is 1. The minimum Gasteiger partial charge on any atom is -0.454 e. The van der Waals surface area contributed by atoms with Crippen LogP contribution in [0.5, 0.6) is 11.5 Å². The summed E-state index contributed by atoms with van der Waals surface area (Å²) >= 11 is 3.42. The fourth-order valence-corrected chi connectivity index (χ4v) is 2.62. The third-order valence-electron chi connectivity index (χ3n) is 3.26. The van der Waals surface area contributed by atoms with Gasteiger partial charge in [0, 0.05) is 10.0 Å². The Kier molecular flexibility index (Phi) is 4.32. The molecule has 0 spiro atoms. The van der Waals surface area contributed by atoms with Crippen LogP contribution in [-0.4, -0.2) is 37.9 Å². The highest BCUT2D eigenvalue weighted by Gasteiger charge is 2.33. The third kappa shape index (κ3) is 3.40. The van der Waals surface area contributed by atoms with Crippen LogP contribution in [0.3, 0.4) is 0 Å². The summed E-state index contributed by atoms with van der Waals surface area (Å²) in [5.74, 6) is 0.184. The standard InChI is InChI=1S/C14H15BrN2O5/c1-14(21-2-3-22-14)6-13(18)17-16-7-9-4-11-12(5-10(9)15)20-8-19-11/h4-5,7H,2-3,6,8H2,1H3,(H,17,18). The minimum atomic E-state index is -0.862. The van der Waals surface area contributed by atoms with E-state index < -0.39 is 5.79 Å². The molecule has 0 radical (unpaired) electrons. The second-order valence-electron chi connectivity index (χ2n) is 5.03. The Morgan fingerprint density at radius 2 is 2.05 bits per heavy atom. The van der Waals surface area contributed by atoms with Gasteiger partial charge in [0.15, 0.2) is 17.3 Å². The number of nitrogens with one attached hydrogen (secondary N) is 1. The van der Waals surface area contributed by atoms with Crippen LogP contribution in [0.2, 0.25) is 0 Å². The zero-order chi connectivity index (χ0) is 15.6. The third-order valence-corrected chi connectivity index (χ3v) is 3.95. The van der Waals surface area contributed by atoms with Crippen LogP contribution in [0.15, 0.2) is 21.7 Å². The average molecular weight is 371 g/mol. The van der Waals surface area contributed by atoms with E-state index in [1.165, 1.54) is 6.21 Å². The molecule has 1 saturated heterocycles. The zero-order valence-electron chi connectivity index (χ0n) is 11.9. The molecule has 1 N–H and O–H groups in total. The maximum atomic E-state index is 11.8. The number of hydrazone groups is 1. The molecule has 0 aromatic heterocycles. The van der Waals surface area contributed by atoms with E-state index in [2.05, 4.69) is 26.5 Å². The van der Waals surface area contributed by atoms with E-state index in [-0.39, 0.29) is 19.1 Å². The second kappa shape index (κ2) is 6.23. The number of hydrogen-bond donors (Lipinski definition) is 1. The molecule has 118 valence electrons. The van der Waals surface area contributed by atoms with E-state index >= 15 is 0 Å². The molecular weight excluding hydrogens is 356 g/mol. The number of nitrogens with zero attached hydrogens (tertiary/aromatic N) is 1. The molecule has 1 fully saturated rings. The lowest BCUT2D eigenvalue weighted by atomic mass is 10.2. The molecule has 2 aliphatic heterocycles. The maximum absolute atomic E-state index is 11.8. The van der Waals surface area contributed by atoms with Gasteiger partial charge in [0.1, 0.15) is 0 Å². The monoisotopic (exact) mass is 370 g/mol. The number of carbonyl (C=O) groups excluding carboxylic acids is 1. The maximum Gasteiger partial charge on any atom is 0.245 e. The Labute approximate surface area is 135 Å². The molecule has 3 rings (SSSR count). The van der Waals surface area contributed by atoms with Gasteiger partial charge in [0.05, 0.1) is 25.8 Å². The summed E-state index contributed by atoms with van der Waals surface area (Å²) in [6, 6.07) is 3.58. The van der Waals surface area contributed by atoms with E-state index in [4.69, 9.17) is 18.9 Å². The van der Waals surface area contributed by atoms with E-state index in [9.17, 15) is 4.79 Å². The average Bonchev–Trinajstić information content (AvgIpc) is 3.07. The summed E-state index contributed by atoms with van der Waals surface area (Å²) in [5, 5.41) is 3.94. The fourth-order valence-electron chi connectivity index (χ4n) is 2.20. The first-order valence-electron chi connectivity index (χ1n) is 6.75. The van der Waals surface area contributed by atoms with Crippen molar-refractivity contribution in [3.8, 4) is 11.5 Å². The number of halogens is 1. The molecule has 8 heteroatoms. The lowest BCUT2D eigenvalue weighted by Gasteiger charge is -2.20. The summed E-state index contributed by atoms with van der Waals surface area (Å²) in [6.45, 7) is 2.93. The summed E-state index contributed by atoms with van der Waals surface area (Å²) in [4.78, 5) is 11.8. The minimum absolute atomic E-state index is 0.0899. The number of fused-ring (bicyclic) bond motifs is 1. The summed E-state index contributed by atoms with van der Waals surface area (Å²) in [7, 11) is 0. The van der Waals surface area contributed by atoms with Gasteiger partial charge in [0.2, 0.25) is 12.7 Å². The highest BCUT2D eigenvalue weighted by molar-refractivity contribution is 9.10. The van der Waals surface area contributed by atoms with Gasteiger partial charge in [0.25, 0.3) is 0 Å².